The van der Waals surface area contributed by atoms with Crippen molar-refractivity contribution >= 4 is 17.7 Å². The average Bonchev–Trinajstić information content (AvgIpc) is 2.73. The Kier molecular flexibility index (Phi) is 8.38. The van der Waals surface area contributed by atoms with Crippen LogP contribution in [0.15, 0.2) is 12.1 Å². The lowest BCUT2D eigenvalue weighted by atomic mass is 9.93. The minimum absolute atomic E-state index is 0.114. The molecule has 1 amide bonds. The molecule has 1 aliphatic heterocycles. The number of amides is 1. The Morgan fingerprint density at radius 2 is 1.91 bits per heavy atom. The molecule has 2 N–H and O–H groups in total. The number of hydrogen-bond donors (Lipinski definition) is 2. The highest BCUT2D eigenvalue weighted by atomic mass is 16.5. The Morgan fingerprint density at radius 3 is 2.59 bits per heavy atom. The third kappa shape index (κ3) is 7.38. The molecule has 0 aromatic carbocycles. The van der Waals surface area contributed by atoms with E-state index in [1.54, 1.807) is 0 Å². The lowest BCUT2D eigenvalue weighted by Gasteiger charge is -2.33. The van der Waals surface area contributed by atoms with Gasteiger partial charge in [-0.25, -0.2) is 0 Å². The van der Waals surface area contributed by atoms with Crippen LogP contribution in [0.25, 0.3) is 0 Å². The highest BCUT2D eigenvalue weighted by Crippen LogP contribution is 2.28. The van der Waals surface area contributed by atoms with Crippen molar-refractivity contribution in [1.82, 2.24) is 10.3 Å². The van der Waals surface area contributed by atoms with Gasteiger partial charge in [-0.05, 0) is 55.6 Å². The minimum Gasteiger partial charge on any atom is -0.481 e. The van der Waals surface area contributed by atoms with Crippen LogP contribution in [0.3, 0.4) is 0 Å². The van der Waals surface area contributed by atoms with Crippen molar-refractivity contribution in [3.05, 3.63) is 17.7 Å². The molecular weight excluding hydrogens is 406 g/mol. The first-order chi connectivity index (χ1) is 15.2. The first-order valence-electron chi connectivity index (χ1n) is 12.1. The Labute approximate surface area is 191 Å². The van der Waals surface area contributed by atoms with Gasteiger partial charge in [0, 0.05) is 25.6 Å². The number of aromatic nitrogens is 1. The molecule has 1 aromatic heterocycles. The van der Waals surface area contributed by atoms with Crippen molar-refractivity contribution in [1.29, 1.82) is 0 Å². The van der Waals surface area contributed by atoms with Gasteiger partial charge in [-0.3, -0.25) is 9.59 Å². The maximum atomic E-state index is 13.0. The number of carboxylic acid groups (broad SMARTS) is 1. The lowest BCUT2D eigenvalue weighted by Crippen LogP contribution is -2.38. The number of piperidine rings is 1. The van der Waals surface area contributed by atoms with Gasteiger partial charge in [0.15, 0.2) is 0 Å². The number of carboxylic acids is 1. The van der Waals surface area contributed by atoms with Crippen molar-refractivity contribution in [3.8, 4) is 5.88 Å². The van der Waals surface area contributed by atoms with E-state index in [1.165, 1.54) is 6.42 Å². The number of anilines is 1. The molecule has 0 bridgehead atoms. The molecule has 1 aliphatic carbocycles. The van der Waals surface area contributed by atoms with E-state index in [0.717, 1.165) is 57.3 Å². The molecule has 2 fully saturated rings. The molecule has 32 heavy (non-hydrogen) atoms. The summed E-state index contributed by atoms with van der Waals surface area (Å²) in [7, 11) is 0. The molecule has 1 saturated heterocycles. The predicted octanol–water partition coefficient (Wildman–Crippen LogP) is 4.65. The first-order valence-corrected chi connectivity index (χ1v) is 12.1. The number of nitrogens with one attached hydrogen (secondary N) is 1. The summed E-state index contributed by atoms with van der Waals surface area (Å²) >= 11 is 0. The lowest BCUT2D eigenvalue weighted by molar-refractivity contribution is -0.138. The molecule has 7 heteroatoms. The summed E-state index contributed by atoms with van der Waals surface area (Å²) in [5.74, 6) is 0.359. The predicted molar refractivity (Wildman–Crippen MR) is 125 cm³/mol. The summed E-state index contributed by atoms with van der Waals surface area (Å²) in [6.45, 7) is 8.46. The van der Waals surface area contributed by atoms with Crippen LogP contribution in [0, 0.1) is 11.3 Å². The third-order valence-electron chi connectivity index (χ3n) is 6.43. The normalized spacial score (nSPS) is 20.1. The third-order valence-corrected chi connectivity index (χ3v) is 6.43. The number of ether oxygens (including phenoxy) is 1. The second-order valence-corrected chi connectivity index (χ2v) is 10.5. The van der Waals surface area contributed by atoms with Crippen LogP contribution < -0.4 is 15.0 Å². The summed E-state index contributed by atoms with van der Waals surface area (Å²) in [5, 5.41) is 12.3. The van der Waals surface area contributed by atoms with Crippen molar-refractivity contribution in [3.63, 3.8) is 0 Å². The zero-order chi connectivity index (χ0) is 23.1. The van der Waals surface area contributed by atoms with Gasteiger partial charge in [0.1, 0.15) is 11.4 Å². The highest BCUT2D eigenvalue weighted by molar-refractivity contribution is 5.96. The van der Waals surface area contributed by atoms with Gasteiger partial charge in [-0.15, -0.1) is 0 Å². The van der Waals surface area contributed by atoms with Crippen LogP contribution in [-0.2, 0) is 4.79 Å². The number of rotatable bonds is 8. The second kappa shape index (κ2) is 11.0. The topological polar surface area (TPSA) is 91.8 Å². The number of pyridine rings is 1. The molecule has 0 spiro atoms. The van der Waals surface area contributed by atoms with Gasteiger partial charge in [0.25, 0.3) is 5.91 Å². The smallest absolute Gasteiger partial charge is 0.303 e. The summed E-state index contributed by atoms with van der Waals surface area (Å²) in [5.41, 5.74) is 0.603. The average molecular weight is 446 g/mol. The monoisotopic (exact) mass is 445 g/mol. The van der Waals surface area contributed by atoms with Crippen LogP contribution in [0.5, 0.6) is 5.88 Å². The quantitative estimate of drug-likeness (QED) is 0.605. The summed E-state index contributed by atoms with van der Waals surface area (Å²) < 4.78 is 6.05. The Balaban J connectivity index is 1.76. The van der Waals surface area contributed by atoms with Crippen LogP contribution in [0.2, 0.25) is 0 Å². The molecule has 0 radical (unpaired) electrons. The first kappa shape index (κ1) is 24.3. The fraction of sp³-hybridized carbons (Fsp3) is 0.720. The van der Waals surface area contributed by atoms with E-state index in [2.05, 4.69) is 31.0 Å². The van der Waals surface area contributed by atoms with E-state index >= 15 is 0 Å². The van der Waals surface area contributed by atoms with Gasteiger partial charge in [0.05, 0.1) is 6.61 Å². The molecular formula is C25H39N3O4. The molecule has 2 aliphatic rings. The minimum atomic E-state index is -0.759. The Morgan fingerprint density at radius 1 is 1.16 bits per heavy atom. The zero-order valence-corrected chi connectivity index (χ0v) is 19.9. The number of carbonyl (C=O) groups is 2. The van der Waals surface area contributed by atoms with Gasteiger partial charge >= 0.3 is 5.97 Å². The molecule has 7 nitrogen and oxygen atoms in total. The van der Waals surface area contributed by atoms with Crippen LogP contribution in [-0.4, -0.2) is 47.7 Å². The van der Waals surface area contributed by atoms with Crippen LogP contribution >= 0.6 is 0 Å². The molecule has 3 rings (SSSR count). The fourth-order valence-corrected chi connectivity index (χ4v) is 4.54. The molecule has 1 saturated carbocycles. The largest absolute Gasteiger partial charge is 0.481 e. The molecule has 2 heterocycles. The van der Waals surface area contributed by atoms with E-state index in [1.807, 2.05) is 12.1 Å². The second-order valence-electron chi connectivity index (χ2n) is 10.5. The maximum absolute atomic E-state index is 13.0. The molecule has 1 aromatic rings. The van der Waals surface area contributed by atoms with Crippen molar-refractivity contribution in [2.75, 3.05) is 24.6 Å². The van der Waals surface area contributed by atoms with Gasteiger partial charge in [0.2, 0.25) is 5.88 Å². The van der Waals surface area contributed by atoms with Crippen LogP contribution in [0.1, 0.15) is 88.9 Å². The summed E-state index contributed by atoms with van der Waals surface area (Å²) in [4.78, 5) is 31.1. The number of carbonyl (C=O) groups excluding carboxylic acids is 1. The van der Waals surface area contributed by atoms with Crippen molar-refractivity contribution in [2.24, 2.45) is 11.3 Å². The van der Waals surface area contributed by atoms with Crippen molar-refractivity contribution < 1.29 is 19.4 Å². The fourth-order valence-electron chi connectivity index (χ4n) is 4.54. The Bertz CT molecular complexity index is 784. The zero-order valence-electron chi connectivity index (χ0n) is 19.9. The van der Waals surface area contributed by atoms with E-state index in [-0.39, 0.29) is 29.7 Å². The van der Waals surface area contributed by atoms with Gasteiger partial charge < -0.3 is 20.1 Å². The van der Waals surface area contributed by atoms with E-state index in [0.29, 0.717) is 24.6 Å². The maximum Gasteiger partial charge on any atom is 0.303 e. The van der Waals surface area contributed by atoms with E-state index < -0.39 is 5.97 Å². The van der Waals surface area contributed by atoms with Gasteiger partial charge in [-0.1, -0.05) is 40.0 Å². The molecule has 0 unspecified atom stereocenters. The standard InChI is InChI=1S/C25H39N3O4/c1-25(2,3)13-15-32-24-20(23(31)26-19-9-5-4-6-10-19)11-12-21(27-24)28-14-7-8-18(17-28)16-22(29)30/h11-12,18-19H,4-10,13-17H2,1-3H3,(H,26,31)(H,29,30)/t18-/m0/s1. The van der Waals surface area contributed by atoms with Gasteiger partial charge in [-0.2, -0.15) is 4.98 Å². The van der Waals surface area contributed by atoms with E-state index in [4.69, 9.17) is 14.8 Å². The van der Waals surface area contributed by atoms with Crippen LogP contribution in [0.4, 0.5) is 5.82 Å². The molecule has 178 valence electrons. The van der Waals surface area contributed by atoms with Crippen molar-refractivity contribution in [2.45, 2.75) is 84.6 Å². The number of nitrogens with zero attached hydrogens (tertiary/aromatic N) is 2. The van der Waals surface area contributed by atoms with E-state index in [9.17, 15) is 9.59 Å². The number of aliphatic carboxylic acids is 1. The summed E-state index contributed by atoms with van der Waals surface area (Å²) in [6, 6.07) is 3.90. The number of hydrogen-bond acceptors (Lipinski definition) is 5. The Hall–Kier alpha value is -2.31. The molecule has 1 atom stereocenters. The highest BCUT2D eigenvalue weighted by Gasteiger charge is 2.26. The summed E-state index contributed by atoms with van der Waals surface area (Å²) in [6.07, 6.45) is 8.48. The SMILES string of the molecule is CC(C)(C)CCOc1nc(N2CCC[C@@H](CC(=O)O)C2)ccc1C(=O)NC1CCCCC1.